The van der Waals surface area contributed by atoms with E-state index >= 15 is 0 Å². The van der Waals surface area contributed by atoms with E-state index in [9.17, 15) is 4.79 Å². The minimum absolute atomic E-state index is 0.0968. The van der Waals surface area contributed by atoms with E-state index in [0.717, 1.165) is 0 Å². The van der Waals surface area contributed by atoms with Crippen molar-refractivity contribution in [2.45, 2.75) is 14.5 Å². The van der Waals surface area contributed by atoms with E-state index in [2.05, 4.69) is 63.7 Å². The maximum atomic E-state index is 11.2. The molecule has 0 amide bonds. The topological polar surface area (TPSA) is 17.1 Å². The molecule has 1 nitrogen and oxygen atoms in total. The lowest BCUT2D eigenvalue weighted by Crippen LogP contribution is -2.27. The van der Waals surface area contributed by atoms with E-state index in [1.165, 1.54) is 0 Å². The van der Waals surface area contributed by atoms with Crippen molar-refractivity contribution < 1.29 is 4.79 Å². The van der Waals surface area contributed by atoms with Crippen molar-refractivity contribution in [3.63, 3.8) is 0 Å². The summed E-state index contributed by atoms with van der Waals surface area (Å²) >= 11 is 13.3. The first-order chi connectivity index (χ1) is 4.92. The molecule has 1 rings (SSSR count). The Balaban J connectivity index is 2.94. The zero-order chi connectivity index (χ0) is 8.65. The minimum Gasteiger partial charge on any atom is -0.292 e. The Bertz CT molecular complexity index is 221. The van der Waals surface area contributed by atoms with Crippen molar-refractivity contribution in [2.24, 2.45) is 0 Å². The highest BCUT2D eigenvalue weighted by Gasteiger charge is 2.34. The molecule has 1 aliphatic carbocycles. The van der Waals surface area contributed by atoms with E-state index in [1.54, 1.807) is 0 Å². The van der Waals surface area contributed by atoms with Crippen LogP contribution in [0.15, 0.2) is 10.6 Å². The molecule has 11 heavy (non-hydrogen) atoms. The highest BCUT2D eigenvalue weighted by molar-refractivity contribution is 9.25. The summed E-state index contributed by atoms with van der Waals surface area (Å²) in [5, 5.41) is 0. The van der Waals surface area contributed by atoms with Gasteiger partial charge >= 0.3 is 0 Å². The van der Waals surface area contributed by atoms with E-state index in [-0.39, 0.29) is 13.8 Å². The van der Waals surface area contributed by atoms with Gasteiger partial charge in [0.2, 0.25) is 0 Å². The lowest BCUT2D eigenvalue weighted by Gasteiger charge is -2.24. The minimum atomic E-state index is -0.249. The van der Waals surface area contributed by atoms with Gasteiger partial charge in [-0.1, -0.05) is 47.8 Å². The zero-order valence-electron chi connectivity index (χ0n) is 5.28. The maximum Gasteiger partial charge on any atom is 0.183 e. The summed E-state index contributed by atoms with van der Waals surface area (Å²) in [6, 6.07) is 0. The predicted octanol–water partition coefficient (Wildman–Crippen LogP) is 3.49. The van der Waals surface area contributed by atoms with Gasteiger partial charge in [0.25, 0.3) is 0 Å². The van der Waals surface area contributed by atoms with Crippen molar-refractivity contribution in [3.8, 4) is 0 Å². The third-order valence-electron chi connectivity index (χ3n) is 1.31. The van der Waals surface area contributed by atoms with Crippen molar-refractivity contribution in [3.05, 3.63) is 10.6 Å². The molecule has 0 bridgehead atoms. The van der Waals surface area contributed by atoms with Crippen molar-refractivity contribution in [1.29, 1.82) is 0 Å². The maximum absolute atomic E-state index is 11.2. The van der Waals surface area contributed by atoms with Crippen LogP contribution in [0.25, 0.3) is 0 Å². The number of ketones is 1. The molecule has 1 unspecified atom stereocenters. The van der Waals surface area contributed by atoms with Crippen LogP contribution in [-0.2, 0) is 4.79 Å². The number of hydrogen-bond acceptors (Lipinski definition) is 1. The highest BCUT2D eigenvalue weighted by Crippen LogP contribution is 2.41. The van der Waals surface area contributed by atoms with Crippen molar-refractivity contribution in [1.82, 2.24) is 0 Å². The lowest BCUT2D eigenvalue weighted by atomic mass is 10.1. The fourth-order valence-electron chi connectivity index (χ4n) is 0.797. The van der Waals surface area contributed by atoms with Crippen LogP contribution in [0, 0.1) is 0 Å². The molecule has 0 aromatic rings. The molecule has 0 N–H and O–H groups in total. The van der Waals surface area contributed by atoms with Gasteiger partial charge < -0.3 is 0 Å². The van der Waals surface area contributed by atoms with Gasteiger partial charge in [-0.05, 0) is 28.4 Å². The summed E-state index contributed by atoms with van der Waals surface area (Å²) in [4.78, 5) is 11.1. The van der Waals surface area contributed by atoms with Gasteiger partial charge in [0, 0.05) is 0 Å². The quantitative estimate of drug-likeness (QED) is 0.558. The second-order valence-corrected chi connectivity index (χ2v) is 8.14. The van der Waals surface area contributed by atoms with Gasteiger partial charge in [-0.25, -0.2) is 0 Å². The second-order valence-electron chi connectivity index (χ2n) is 2.29. The van der Waals surface area contributed by atoms with Gasteiger partial charge in [-0.3, -0.25) is 4.79 Å². The average Bonchev–Trinajstić information content (AvgIpc) is 1.81. The van der Waals surface area contributed by atoms with E-state index < -0.39 is 0 Å². The second kappa shape index (κ2) is 3.60. The van der Waals surface area contributed by atoms with Gasteiger partial charge in [0.15, 0.2) is 5.78 Å². The first kappa shape index (κ1) is 10.4. The molecule has 1 atom stereocenters. The normalized spacial score (nSPS) is 30.0. The van der Waals surface area contributed by atoms with Gasteiger partial charge in [-0.2, -0.15) is 0 Å². The summed E-state index contributed by atoms with van der Waals surface area (Å²) in [6.07, 6.45) is 2.52. The number of halogens is 4. The molecule has 1 aliphatic rings. The fraction of sp³-hybridized carbons (Fsp3) is 0.500. The molecule has 0 saturated carbocycles. The summed E-state index contributed by atoms with van der Waals surface area (Å²) in [5.41, 5.74) is 0. The molecular formula is C6H4Br4O. The molecule has 0 saturated heterocycles. The number of rotatable bonds is 0. The van der Waals surface area contributed by atoms with Crippen molar-refractivity contribution in [2.75, 3.05) is 0 Å². The third kappa shape index (κ3) is 2.64. The third-order valence-corrected chi connectivity index (χ3v) is 3.77. The molecular weight excluding hydrogens is 408 g/mol. The van der Waals surface area contributed by atoms with Crippen LogP contribution in [0.4, 0.5) is 0 Å². The average molecular weight is 412 g/mol. The molecule has 0 aromatic heterocycles. The standard InChI is InChI=1S/C6H4Br4O/c7-3-1-6(9,10)2-4(8)5(3)11/h1,4H,2H2. The van der Waals surface area contributed by atoms with Gasteiger partial charge in [0.1, 0.15) is 3.23 Å². The number of alkyl halides is 3. The summed E-state index contributed by atoms with van der Waals surface area (Å²) in [6.45, 7) is 0. The van der Waals surface area contributed by atoms with Crippen LogP contribution in [0.5, 0.6) is 0 Å². The first-order valence-electron chi connectivity index (χ1n) is 2.87. The first-order valence-corrected chi connectivity index (χ1v) is 6.16. The van der Waals surface area contributed by atoms with Crippen LogP contribution in [0.1, 0.15) is 6.42 Å². The largest absolute Gasteiger partial charge is 0.292 e. The Hall–Kier alpha value is 1.33. The van der Waals surface area contributed by atoms with Crippen LogP contribution in [0.2, 0.25) is 0 Å². The van der Waals surface area contributed by atoms with Crippen LogP contribution in [0.3, 0.4) is 0 Å². The Morgan fingerprint density at radius 1 is 1.55 bits per heavy atom. The van der Waals surface area contributed by atoms with Gasteiger partial charge in [0.05, 0.1) is 9.31 Å². The molecule has 0 radical (unpaired) electrons. The number of carbonyl (C=O) groups excluding carboxylic acids is 1. The number of hydrogen-bond donors (Lipinski definition) is 0. The molecule has 0 heterocycles. The number of carbonyl (C=O) groups is 1. The lowest BCUT2D eigenvalue weighted by molar-refractivity contribution is -0.114. The van der Waals surface area contributed by atoms with Gasteiger partial charge in [-0.15, -0.1) is 0 Å². The predicted molar refractivity (Wildman–Crippen MR) is 59.9 cm³/mol. The number of Topliss-reactive ketones (excluding diaryl/α,β-unsaturated/α-hetero) is 1. The monoisotopic (exact) mass is 408 g/mol. The molecule has 0 aromatic carbocycles. The summed E-state index contributed by atoms with van der Waals surface area (Å²) in [5.74, 6) is 0.0968. The summed E-state index contributed by atoms with van der Waals surface area (Å²) < 4.78 is 0.361. The summed E-state index contributed by atoms with van der Waals surface area (Å²) in [7, 11) is 0. The Kier molecular flexibility index (Phi) is 3.41. The fourth-order valence-corrected chi connectivity index (χ4v) is 5.12. The highest BCUT2D eigenvalue weighted by atomic mass is 79.9. The Morgan fingerprint density at radius 3 is 2.55 bits per heavy atom. The zero-order valence-corrected chi connectivity index (χ0v) is 11.6. The van der Waals surface area contributed by atoms with Crippen LogP contribution in [-0.4, -0.2) is 13.8 Å². The van der Waals surface area contributed by atoms with E-state index in [0.29, 0.717) is 10.9 Å². The Morgan fingerprint density at radius 2 is 2.09 bits per heavy atom. The van der Waals surface area contributed by atoms with E-state index in [1.807, 2.05) is 6.08 Å². The Labute approximate surface area is 98.5 Å². The van der Waals surface area contributed by atoms with E-state index in [4.69, 9.17) is 0 Å². The van der Waals surface area contributed by atoms with Crippen LogP contribution < -0.4 is 0 Å². The molecule has 0 aliphatic heterocycles. The van der Waals surface area contributed by atoms with Crippen LogP contribution >= 0.6 is 63.7 Å². The SMILES string of the molecule is O=C1C(Br)=CC(Br)(Br)CC1Br. The molecule has 62 valence electrons. The number of allylic oxidation sites excluding steroid dienone is 2. The molecule has 5 heteroatoms. The van der Waals surface area contributed by atoms with Crippen molar-refractivity contribution >= 4 is 69.5 Å². The molecule has 0 fully saturated rings. The molecule has 0 spiro atoms. The smallest absolute Gasteiger partial charge is 0.183 e.